The highest BCUT2D eigenvalue weighted by Gasteiger charge is 2.35. The highest BCUT2D eigenvalue weighted by molar-refractivity contribution is 6.11. The largest absolute Gasteiger partial charge is 0.493 e. The van der Waals surface area contributed by atoms with Gasteiger partial charge in [-0.1, -0.05) is 0 Å². The number of rotatable bonds is 13. The number of carboxylic acid groups (broad SMARTS) is 1. The van der Waals surface area contributed by atoms with Gasteiger partial charge >= 0.3 is 11.9 Å². The fourth-order valence-corrected chi connectivity index (χ4v) is 14.8. The number of nitrogens with zero attached hydrogens (tertiary/aromatic N) is 9. The number of aliphatic hydroxyl groups excluding tert-OH is 1. The first-order chi connectivity index (χ1) is 50.6. The van der Waals surface area contributed by atoms with Crippen LogP contribution in [0.2, 0.25) is 0 Å². The van der Waals surface area contributed by atoms with Crippen LogP contribution in [0, 0.1) is 54.8 Å². The van der Waals surface area contributed by atoms with Crippen molar-refractivity contribution >= 4 is 77.4 Å². The number of esters is 1. The van der Waals surface area contributed by atoms with Crippen molar-refractivity contribution in [3.8, 4) is 68.8 Å². The van der Waals surface area contributed by atoms with Crippen molar-refractivity contribution < 1.29 is 53.0 Å². The first-order valence-corrected chi connectivity index (χ1v) is 35.3. The molecule has 0 saturated carbocycles. The summed E-state index contributed by atoms with van der Waals surface area (Å²) in [6.45, 7) is 26.4. The van der Waals surface area contributed by atoms with E-state index in [1.165, 1.54) is 18.1 Å². The lowest BCUT2D eigenvalue weighted by Crippen LogP contribution is -2.28. The summed E-state index contributed by atoms with van der Waals surface area (Å²) in [7, 11) is 0. The highest BCUT2D eigenvalue weighted by Crippen LogP contribution is 2.49. The average Bonchev–Trinajstić information content (AvgIpc) is 0.744. The van der Waals surface area contributed by atoms with Crippen LogP contribution in [0.3, 0.4) is 0 Å². The molecule has 15 rings (SSSR count). The van der Waals surface area contributed by atoms with E-state index in [0.717, 1.165) is 147 Å². The molecule has 0 amide bonds. The Balaban J connectivity index is 0.000000141. The first-order valence-electron chi connectivity index (χ1n) is 35.3. The molecule has 3 aliphatic rings. The van der Waals surface area contributed by atoms with Gasteiger partial charge in [-0.2, -0.15) is 15.8 Å². The summed E-state index contributed by atoms with van der Waals surface area (Å²) in [5.74, 6) is 0.967. The van der Waals surface area contributed by atoms with E-state index in [2.05, 4.69) is 33.2 Å². The Kier molecular flexibility index (Phi) is 20.0. The summed E-state index contributed by atoms with van der Waals surface area (Å²) >= 11 is 0. The standard InChI is InChI=1S/C30H29N3O4.C28H25N3O4.C28H27N3O3/c1-17-14-23-21(7-6-20(15-31)33-23)28(26(17)25(16-36-18(2)34)37-30(3,4)5)22-8-9-24-27-19(11-13-35-24)10-12-32-29(22)27;1-15-13-20-18(6-5-17(14-29)31-20)24(22(15)26(27(32)33)35-28(2,3)4)19-7-8-21-23-16(10-12-34-21)9-11-30-25(19)23;1-16-13-21-19(6-5-18(14-29)31-21)26(24(16)23(15-32)34-28(2,3)4)20-7-8-22-25-17(10-12-33-22)9-11-30-27(20)25/h6-10,12,14,25H,11,13,16H2,1-5H3;5-9,11,13,26H,10,12H2,1-4H3,(H,32,33);5-9,11,13,23,32H,10,12,15H2,1-4H3/t25-;26-;23-/m101/s1. The zero-order chi connectivity index (χ0) is 75.3. The topological polar surface area (TPSA) is 288 Å². The number of pyridine rings is 6. The molecule has 0 fully saturated rings. The summed E-state index contributed by atoms with van der Waals surface area (Å²) in [6, 6.07) is 40.8. The smallest absolute Gasteiger partial charge is 0.337 e. The number of hydrogen-bond donors (Lipinski definition) is 2. The quantitative estimate of drug-likeness (QED) is 0.101. The van der Waals surface area contributed by atoms with Gasteiger partial charge in [-0.15, -0.1) is 0 Å². The number of ether oxygens (including phenoxy) is 7. The molecular weight excluding hydrogens is 1330 g/mol. The van der Waals surface area contributed by atoms with Gasteiger partial charge < -0.3 is 43.4 Å². The van der Waals surface area contributed by atoms with Crippen molar-refractivity contribution in [2.75, 3.05) is 33.0 Å². The minimum atomic E-state index is -1.22. The maximum Gasteiger partial charge on any atom is 0.337 e. The Bertz CT molecular complexity index is 5670. The fraction of sp³-hybridized carbons (Fsp3) is 0.314. The molecule has 3 aliphatic heterocycles. The molecule has 0 saturated heterocycles. The molecule has 12 aromatic rings. The van der Waals surface area contributed by atoms with Crippen LogP contribution < -0.4 is 14.2 Å². The molecule has 0 bridgehead atoms. The van der Waals surface area contributed by atoms with E-state index in [9.17, 15) is 35.6 Å². The number of carbonyl (C=O) groups is 2. The summed E-state index contributed by atoms with van der Waals surface area (Å²) in [6.07, 6.45) is 5.57. The lowest BCUT2D eigenvalue weighted by atomic mass is 9.86. The number of aliphatic hydroxyl groups is 1. The number of fused-ring (bicyclic) bond motifs is 3. The van der Waals surface area contributed by atoms with Crippen LogP contribution in [0.15, 0.2) is 128 Å². The number of hydrogen-bond acceptors (Lipinski definition) is 19. The number of nitriles is 3. The van der Waals surface area contributed by atoms with Crippen molar-refractivity contribution in [3.63, 3.8) is 0 Å². The van der Waals surface area contributed by atoms with Crippen LogP contribution >= 0.6 is 0 Å². The van der Waals surface area contributed by atoms with Crippen molar-refractivity contribution in [1.82, 2.24) is 29.9 Å². The maximum absolute atomic E-state index is 12.6. The Morgan fingerprint density at radius 2 is 0.821 bits per heavy atom. The normalized spacial score (nSPS) is 13.9. The number of aromatic nitrogens is 6. The molecule has 106 heavy (non-hydrogen) atoms. The summed E-state index contributed by atoms with van der Waals surface area (Å²) in [4.78, 5) is 52.3. The second-order valence-corrected chi connectivity index (χ2v) is 29.7. The maximum atomic E-state index is 12.6. The van der Waals surface area contributed by atoms with Gasteiger partial charge in [0, 0.05) is 99.3 Å². The second-order valence-electron chi connectivity index (χ2n) is 29.7. The van der Waals surface area contributed by atoms with Crippen molar-refractivity contribution in [2.45, 2.75) is 144 Å². The van der Waals surface area contributed by atoms with E-state index >= 15 is 0 Å². The molecule has 0 unspecified atom stereocenters. The van der Waals surface area contributed by atoms with Crippen LogP contribution in [0.4, 0.5) is 0 Å². The van der Waals surface area contributed by atoms with Gasteiger partial charge in [0.15, 0.2) is 6.10 Å². The predicted octanol–water partition coefficient (Wildman–Crippen LogP) is 16.9. The number of aliphatic carboxylic acids is 1. The van der Waals surface area contributed by atoms with Gasteiger partial charge in [0.1, 0.15) is 71.4 Å². The van der Waals surface area contributed by atoms with E-state index in [4.69, 9.17) is 48.1 Å². The van der Waals surface area contributed by atoms with Crippen molar-refractivity contribution in [3.05, 3.63) is 195 Å². The molecule has 20 heteroatoms. The molecule has 20 nitrogen and oxygen atoms in total. The van der Waals surface area contributed by atoms with E-state index < -0.39 is 41.1 Å². The van der Waals surface area contributed by atoms with Gasteiger partial charge in [-0.05, 0) is 253 Å². The summed E-state index contributed by atoms with van der Waals surface area (Å²) < 4.78 is 42.2. The monoisotopic (exact) mass is 1420 g/mol. The van der Waals surface area contributed by atoms with Gasteiger partial charge in [-0.25, -0.2) is 19.7 Å². The molecule has 536 valence electrons. The highest BCUT2D eigenvalue weighted by atomic mass is 16.6. The summed E-state index contributed by atoms with van der Waals surface area (Å²) in [5.41, 5.74) is 17.3. The van der Waals surface area contributed by atoms with E-state index in [1.807, 2.05) is 186 Å². The van der Waals surface area contributed by atoms with E-state index in [0.29, 0.717) is 64.6 Å². The van der Waals surface area contributed by atoms with E-state index in [1.54, 1.807) is 24.4 Å². The van der Waals surface area contributed by atoms with Gasteiger partial charge in [0.05, 0.1) is 76.3 Å². The Morgan fingerprint density at radius 3 is 1.15 bits per heavy atom. The zero-order valence-corrected chi connectivity index (χ0v) is 61.6. The third kappa shape index (κ3) is 14.6. The molecule has 6 aromatic heterocycles. The third-order valence-corrected chi connectivity index (χ3v) is 18.8. The minimum absolute atomic E-state index is 0.0630. The lowest BCUT2D eigenvalue weighted by molar-refractivity contribution is -0.160. The SMILES string of the molecule is CC(=O)OC[C@@H](OC(C)(C)C)c1c(C)cc2nc(C#N)ccc2c1-c1ccc2c3c(ccnc13)CCO2.Cc1cc2nc(C#N)ccc2c(-c2ccc3c4c(ccnc24)CCO3)c1[C@@H](CO)OC(C)(C)C.Cc1cc2nc(C#N)ccc2c(-c2ccc3c4c(ccnc24)CCO3)c1[C@H](OC(C)(C)C)C(=O)O. The van der Waals surface area contributed by atoms with Gasteiger partial charge in [0.25, 0.3) is 0 Å². The average molecular weight is 1420 g/mol. The number of carbonyl (C=O) groups excluding carboxylic acids is 1. The van der Waals surface area contributed by atoms with Crippen LogP contribution in [0.5, 0.6) is 17.2 Å². The third-order valence-electron chi connectivity index (χ3n) is 18.8. The molecule has 3 atom stereocenters. The Hall–Kier alpha value is -11.6. The second kappa shape index (κ2) is 29.2. The number of benzene rings is 6. The number of aryl methyl sites for hydroxylation is 3. The molecule has 9 heterocycles. The first kappa shape index (κ1) is 72.8. The molecule has 2 N–H and O–H groups in total. The number of carboxylic acids is 1. The lowest BCUT2D eigenvalue weighted by Gasteiger charge is -2.31. The minimum Gasteiger partial charge on any atom is -0.493 e. The van der Waals surface area contributed by atoms with Gasteiger partial charge in [-0.3, -0.25) is 19.7 Å². The van der Waals surface area contributed by atoms with Gasteiger partial charge in [0.2, 0.25) is 0 Å². The molecule has 6 aromatic carbocycles. The predicted molar refractivity (Wildman–Crippen MR) is 405 cm³/mol. The molecular formula is C86H81N9O11. The molecule has 0 radical (unpaired) electrons. The van der Waals surface area contributed by atoms with E-state index in [-0.39, 0.29) is 19.2 Å². The van der Waals surface area contributed by atoms with Crippen LogP contribution in [-0.2, 0) is 47.8 Å². The van der Waals surface area contributed by atoms with Crippen LogP contribution in [-0.4, -0.2) is 102 Å². The molecule has 0 aliphatic carbocycles. The van der Waals surface area contributed by atoms with Crippen molar-refractivity contribution in [2.24, 2.45) is 0 Å². The Morgan fingerprint density at radius 1 is 0.481 bits per heavy atom. The van der Waals surface area contributed by atoms with Crippen molar-refractivity contribution in [1.29, 1.82) is 15.8 Å². The molecule has 0 spiro atoms. The fourth-order valence-electron chi connectivity index (χ4n) is 14.8. The van der Waals surface area contributed by atoms with Crippen LogP contribution in [0.25, 0.3) is 98.8 Å². The summed E-state index contributed by atoms with van der Waals surface area (Å²) in [5, 5.41) is 54.4. The van der Waals surface area contributed by atoms with Crippen LogP contribution in [0.1, 0.15) is 155 Å². The zero-order valence-electron chi connectivity index (χ0n) is 61.6. The Labute approximate surface area is 614 Å².